The van der Waals surface area contributed by atoms with Crippen LogP contribution in [0.2, 0.25) is 0 Å². The topological polar surface area (TPSA) is 35.2 Å². The molecule has 0 aromatic heterocycles. The van der Waals surface area contributed by atoms with Crippen LogP contribution in [0.3, 0.4) is 0 Å². The minimum atomic E-state index is 0.195. The lowest BCUT2D eigenvalue weighted by atomic mass is 9.85. The van der Waals surface area contributed by atoms with Gasteiger partial charge in [-0.3, -0.25) is 0 Å². The van der Waals surface area contributed by atoms with E-state index in [1.54, 1.807) is 0 Å². The summed E-state index contributed by atoms with van der Waals surface area (Å²) in [5, 5.41) is 0. The van der Waals surface area contributed by atoms with Crippen LogP contribution in [-0.4, -0.2) is 13.2 Å². The Morgan fingerprint density at radius 1 is 0.957 bits per heavy atom. The van der Waals surface area contributed by atoms with Crippen molar-refractivity contribution in [2.24, 2.45) is 5.73 Å². The Bertz CT molecular complexity index is 569. The van der Waals surface area contributed by atoms with Crippen LogP contribution in [0.4, 0.5) is 0 Å². The number of rotatable bonds is 7. The fraction of sp³-hybridized carbons (Fsp3) is 0.429. The molecule has 0 saturated carbocycles. The van der Waals surface area contributed by atoms with E-state index in [0.29, 0.717) is 12.5 Å². The number of hydrogen-bond donors (Lipinski definition) is 1. The predicted octanol–water partition coefficient (Wildman–Crippen LogP) is 4.89. The van der Waals surface area contributed by atoms with Gasteiger partial charge in [0, 0.05) is 0 Å². The zero-order valence-corrected chi connectivity index (χ0v) is 14.6. The van der Waals surface area contributed by atoms with Gasteiger partial charge in [-0.1, -0.05) is 63.2 Å². The summed E-state index contributed by atoms with van der Waals surface area (Å²) >= 11 is 0. The molecule has 2 N–H and O–H groups in total. The van der Waals surface area contributed by atoms with Gasteiger partial charge in [0.2, 0.25) is 0 Å². The maximum atomic E-state index is 5.98. The number of nitrogens with two attached hydrogens (primary N) is 1. The van der Waals surface area contributed by atoms with Crippen LogP contribution in [0, 0.1) is 0 Å². The summed E-state index contributed by atoms with van der Waals surface area (Å²) in [6.07, 6.45) is 2.07. The SMILES string of the molecule is CC(C)(C)c1ccc(C(CN)CCCOc2ccccc2)cc1. The molecule has 0 aliphatic carbocycles. The average Bonchev–Trinajstić information content (AvgIpc) is 2.55. The maximum Gasteiger partial charge on any atom is 0.119 e. The fourth-order valence-electron chi connectivity index (χ4n) is 2.71. The molecule has 0 radical (unpaired) electrons. The van der Waals surface area contributed by atoms with Crippen molar-refractivity contribution in [3.05, 3.63) is 65.7 Å². The van der Waals surface area contributed by atoms with Crippen molar-refractivity contribution in [2.75, 3.05) is 13.2 Å². The molecular formula is C21H29NO. The third kappa shape index (κ3) is 5.40. The molecule has 23 heavy (non-hydrogen) atoms. The quantitative estimate of drug-likeness (QED) is 0.739. The van der Waals surface area contributed by atoms with Crippen LogP contribution < -0.4 is 10.5 Å². The second-order valence-corrected chi connectivity index (χ2v) is 7.11. The molecule has 2 aromatic carbocycles. The molecule has 0 saturated heterocycles. The van der Waals surface area contributed by atoms with Crippen molar-refractivity contribution in [3.8, 4) is 5.75 Å². The Hall–Kier alpha value is -1.80. The molecule has 0 aliphatic rings. The highest BCUT2D eigenvalue weighted by Gasteiger charge is 2.15. The van der Waals surface area contributed by atoms with Gasteiger partial charge in [0.05, 0.1) is 6.61 Å². The molecule has 1 unspecified atom stereocenters. The lowest BCUT2D eigenvalue weighted by Crippen LogP contribution is -2.15. The monoisotopic (exact) mass is 311 g/mol. The van der Waals surface area contributed by atoms with Crippen molar-refractivity contribution in [2.45, 2.75) is 44.9 Å². The van der Waals surface area contributed by atoms with Crippen molar-refractivity contribution in [1.82, 2.24) is 0 Å². The minimum absolute atomic E-state index is 0.195. The Balaban J connectivity index is 1.85. The van der Waals surface area contributed by atoms with Crippen molar-refractivity contribution in [1.29, 1.82) is 0 Å². The molecular weight excluding hydrogens is 282 g/mol. The highest BCUT2D eigenvalue weighted by atomic mass is 16.5. The van der Waals surface area contributed by atoms with Crippen LogP contribution in [-0.2, 0) is 5.41 Å². The van der Waals surface area contributed by atoms with E-state index in [1.165, 1.54) is 11.1 Å². The summed E-state index contributed by atoms with van der Waals surface area (Å²) in [7, 11) is 0. The summed E-state index contributed by atoms with van der Waals surface area (Å²) in [4.78, 5) is 0. The van der Waals surface area contributed by atoms with E-state index in [4.69, 9.17) is 10.5 Å². The highest BCUT2D eigenvalue weighted by molar-refractivity contribution is 5.29. The Morgan fingerprint density at radius 3 is 2.17 bits per heavy atom. The van der Waals surface area contributed by atoms with E-state index in [0.717, 1.165) is 25.2 Å². The summed E-state index contributed by atoms with van der Waals surface area (Å²) in [5.41, 5.74) is 8.87. The third-order valence-corrected chi connectivity index (χ3v) is 4.24. The number of benzene rings is 2. The van der Waals surface area contributed by atoms with Gasteiger partial charge < -0.3 is 10.5 Å². The normalized spacial score (nSPS) is 12.9. The van der Waals surface area contributed by atoms with E-state index >= 15 is 0 Å². The van der Waals surface area contributed by atoms with Gasteiger partial charge in [-0.05, 0) is 54.0 Å². The molecule has 1 atom stereocenters. The second-order valence-electron chi connectivity index (χ2n) is 7.11. The molecule has 2 rings (SSSR count). The number of hydrogen-bond acceptors (Lipinski definition) is 2. The summed E-state index contributed by atoms with van der Waals surface area (Å²) in [5.74, 6) is 1.34. The van der Waals surface area contributed by atoms with Crippen molar-refractivity contribution >= 4 is 0 Å². The second kappa shape index (κ2) is 8.16. The van der Waals surface area contributed by atoms with Gasteiger partial charge in [0.1, 0.15) is 5.75 Å². The van der Waals surface area contributed by atoms with Crippen molar-refractivity contribution in [3.63, 3.8) is 0 Å². The summed E-state index contributed by atoms with van der Waals surface area (Å²) < 4.78 is 5.76. The highest BCUT2D eigenvalue weighted by Crippen LogP contribution is 2.26. The van der Waals surface area contributed by atoms with Crippen LogP contribution in [0.5, 0.6) is 5.75 Å². The summed E-state index contributed by atoms with van der Waals surface area (Å²) in [6, 6.07) is 18.9. The predicted molar refractivity (Wildman–Crippen MR) is 98.1 cm³/mol. The molecule has 2 heteroatoms. The van der Waals surface area contributed by atoms with E-state index in [1.807, 2.05) is 30.3 Å². The smallest absolute Gasteiger partial charge is 0.119 e. The fourth-order valence-corrected chi connectivity index (χ4v) is 2.71. The molecule has 0 heterocycles. The standard InChI is InChI=1S/C21H29NO/c1-21(2,3)19-13-11-17(12-14-19)18(16-22)8-7-15-23-20-9-5-4-6-10-20/h4-6,9-14,18H,7-8,15-16,22H2,1-3H3. The summed E-state index contributed by atoms with van der Waals surface area (Å²) in [6.45, 7) is 8.14. The Kier molecular flexibility index (Phi) is 6.23. The molecule has 0 bridgehead atoms. The van der Waals surface area contributed by atoms with Crippen LogP contribution in [0.1, 0.15) is 50.7 Å². The molecule has 2 aromatic rings. The van der Waals surface area contributed by atoms with Gasteiger partial charge in [-0.2, -0.15) is 0 Å². The molecule has 2 nitrogen and oxygen atoms in total. The van der Waals surface area contributed by atoms with Gasteiger partial charge in [0.15, 0.2) is 0 Å². The Morgan fingerprint density at radius 2 is 1.61 bits per heavy atom. The average molecular weight is 311 g/mol. The van der Waals surface area contributed by atoms with E-state index in [2.05, 4.69) is 45.0 Å². The van der Waals surface area contributed by atoms with Gasteiger partial charge in [-0.15, -0.1) is 0 Å². The molecule has 0 spiro atoms. The number of ether oxygens (including phenoxy) is 1. The largest absolute Gasteiger partial charge is 0.494 e. The van der Waals surface area contributed by atoms with Crippen molar-refractivity contribution < 1.29 is 4.74 Å². The van der Waals surface area contributed by atoms with Crippen LogP contribution in [0.25, 0.3) is 0 Å². The van der Waals surface area contributed by atoms with E-state index in [-0.39, 0.29) is 5.41 Å². The molecule has 124 valence electrons. The third-order valence-electron chi connectivity index (χ3n) is 4.24. The van der Waals surface area contributed by atoms with Gasteiger partial charge in [0.25, 0.3) is 0 Å². The Labute approximate surface area is 140 Å². The maximum absolute atomic E-state index is 5.98. The molecule has 0 fully saturated rings. The molecule has 0 aliphatic heterocycles. The lowest BCUT2D eigenvalue weighted by Gasteiger charge is -2.21. The first-order valence-corrected chi connectivity index (χ1v) is 8.49. The van der Waals surface area contributed by atoms with Gasteiger partial charge in [-0.25, -0.2) is 0 Å². The first kappa shape index (κ1) is 17.6. The van der Waals surface area contributed by atoms with Gasteiger partial charge >= 0.3 is 0 Å². The van der Waals surface area contributed by atoms with E-state index < -0.39 is 0 Å². The van der Waals surface area contributed by atoms with E-state index in [9.17, 15) is 0 Å². The zero-order chi connectivity index (χ0) is 16.7. The first-order chi connectivity index (χ1) is 11.0. The minimum Gasteiger partial charge on any atom is -0.494 e. The van der Waals surface area contributed by atoms with Crippen LogP contribution >= 0.6 is 0 Å². The van der Waals surface area contributed by atoms with Crippen LogP contribution in [0.15, 0.2) is 54.6 Å². The number of para-hydroxylation sites is 1. The molecule has 0 amide bonds. The first-order valence-electron chi connectivity index (χ1n) is 8.49. The lowest BCUT2D eigenvalue weighted by molar-refractivity contribution is 0.302. The zero-order valence-electron chi connectivity index (χ0n) is 14.6.